The molecule has 1 amide bonds. The third-order valence-electron chi connectivity index (χ3n) is 4.46. The topological polar surface area (TPSA) is 77.2 Å². The Kier molecular flexibility index (Phi) is 5.50. The average molecular weight is 346 g/mol. The van der Waals surface area contributed by atoms with Gasteiger partial charge in [-0.15, -0.1) is 0 Å². The Balaban J connectivity index is 1.58. The molecule has 8 heteroatoms. The van der Waals surface area contributed by atoms with E-state index in [0.29, 0.717) is 19.7 Å². The van der Waals surface area contributed by atoms with E-state index in [2.05, 4.69) is 20.4 Å². The molecule has 1 aliphatic heterocycles. The summed E-state index contributed by atoms with van der Waals surface area (Å²) in [6, 6.07) is 3.68. The monoisotopic (exact) mass is 346 g/mol. The summed E-state index contributed by atoms with van der Waals surface area (Å²) in [6.07, 6.45) is 5.42. The van der Waals surface area contributed by atoms with Crippen LogP contribution >= 0.6 is 0 Å². The largest absolute Gasteiger partial charge is 0.374 e. The van der Waals surface area contributed by atoms with Crippen LogP contribution in [0.25, 0.3) is 0 Å². The van der Waals surface area contributed by atoms with Gasteiger partial charge in [0.05, 0.1) is 31.5 Å². The molecule has 0 radical (unpaired) electrons. The highest BCUT2D eigenvalue weighted by molar-refractivity contribution is 5.93. The molecule has 0 saturated carbocycles. The number of carbonyl (C=O) groups is 1. The molecule has 0 aromatic carbocycles. The van der Waals surface area contributed by atoms with Gasteiger partial charge in [0.2, 0.25) is 5.91 Å². The molecular formula is C17H26N6O2. The van der Waals surface area contributed by atoms with Crippen molar-refractivity contribution in [2.45, 2.75) is 45.5 Å². The SMILES string of the molecule is CC(C)n1nccc1NC(=O)[C@@H](C)N1CCO[C@H](Cn2cccn2)C1. The maximum atomic E-state index is 12.7. The number of hydrogen-bond acceptors (Lipinski definition) is 5. The van der Waals surface area contributed by atoms with Crippen LogP contribution in [0.5, 0.6) is 0 Å². The molecule has 0 unspecified atom stereocenters. The molecule has 8 nitrogen and oxygen atoms in total. The van der Waals surface area contributed by atoms with Gasteiger partial charge >= 0.3 is 0 Å². The lowest BCUT2D eigenvalue weighted by Crippen LogP contribution is -2.51. The zero-order valence-corrected chi connectivity index (χ0v) is 15.0. The number of carbonyl (C=O) groups excluding carboxylic acids is 1. The van der Waals surface area contributed by atoms with E-state index in [1.54, 1.807) is 12.4 Å². The van der Waals surface area contributed by atoms with Crippen LogP contribution in [0.15, 0.2) is 30.7 Å². The standard InChI is InChI=1S/C17H26N6O2/c1-13(2)23-16(5-7-19-23)20-17(24)14(3)21-9-10-25-15(11-21)12-22-8-4-6-18-22/h4-8,13-15H,9-12H2,1-3H3,(H,20,24)/t14-,15+/m1/s1. The molecule has 1 saturated heterocycles. The fourth-order valence-corrected chi connectivity index (χ4v) is 3.04. The molecule has 3 heterocycles. The Morgan fingerprint density at radius 2 is 2.20 bits per heavy atom. The third-order valence-corrected chi connectivity index (χ3v) is 4.46. The predicted molar refractivity (Wildman–Crippen MR) is 94.2 cm³/mol. The number of aromatic nitrogens is 4. The Hall–Kier alpha value is -2.19. The Morgan fingerprint density at radius 1 is 1.36 bits per heavy atom. The summed E-state index contributed by atoms with van der Waals surface area (Å²) in [7, 11) is 0. The van der Waals surface area contributed by atoms with Gasteiger partial charge in [-0.25, -0.2) is 4.68 Å². The number of nitrogens with one attached hydrogen (secondary N) is 1. The lowest BCUT2D eigenvalue weighted by molar-refractivity contribution is -0.124. The Bertz CT molecular complexity index is 681. The fraction of sp³-hybridized carbons (Fsp3) is 0.588. The van der Waals surface area contributed by atoms with Crippen LogP contribution in [-0.4, -0.2) is 62.2 Å². The number of anilines is 1. The second-order valence-electron chi connectivity index (χ2n) is 6.64. The van der Waals surface area contributed by atoms with Crippen molar-refractivity contribution in [2.24, 2.45) is 0 Å². The van der Waals surface area contributed by atoms with E-state index in [4.69, 9.17) is 4.74 Å². The van der Waals surface area contributed by atoms with E-state index in [0.717, 1.165) is 12.4 Å². The van der Waals surface area contributed by atoms with Gasteiger partial charge in [0.1, 0.15) is 5.82 Å². The van der Waals surface area contributed by atoms with Crippen LogP contribution in [0.4, 0.5) is 5.82 Å². The third kappa shape index (κ3) is 4.26. The first-order valence-electron chi connectivity index (χ1n) is 8.72. The molecule has 0 spiro atoms. The van der Waals surface area contributed by atoms with E-state index in [9.17, 15) is 4.79 Å². The minimum atomic E-state index is -0.237. The highest BCUT2D eigenvalue weighted by atomic mass is 16.5. The summed E-state index contributed by atoms with van der Waals surface area (Å²) in [6.45, 7) is 8.76. The van der Waals surface area contributed by atoms with Gasteiger partial charge in [-0.1, -0.05) is 0 Å². The highest BCUT2D eigenvalue weighted by Crippen LogP contribution is 2.16. The molecular weight excluding hydrogens is 320 g/mol. The first kappa shape index (κ1) is 17.6. The quantitative estimate of drug-likeness (QED) is 0.855. The van der Waals surface area contributed by atoms with Crippen molar-refractivity contribution in [3.63, 3.8) is 0 Å². The summed E-state index contributed by atoms with van der Waals surface area (Å²) >= 11 is 0. The Morgan fingerprint density at radius 3 is 2.92 bits per heavy atom. The molecule has 2 aromatic rings. The van der Waals surface area contributed by atoms with Gasteiger partial charge in [0, 0.05) is 37.6 Å². The number of amides is 1. The first-order chi connectivity index (χ1) is 12.0. The first-order valence-corrected chi connectivity index (χ1v) is 8.72. The number of ether oxygens (including phenoxy) is 1. The maximum absolute atomic E-state index is 12.7. The lowest BCUT2D eigenvalue weighted by atomic mass is 10.2. The van der Waals surface area contributed by atoms with Crippen LogP contribution in [0.1, 0.15) is 26.8 Å². The van der Waals surface area contributed by atoms with Crippen LogP contribution in [0.2, 0.25) is 0 Å². The van der Waals surface area contributed by atoms with Gasteiger partial charge < -0.3 is 10.1 Å². The van der Waals surface area contributed by atoms with Gasteiger partial charge in [-0.05, 0) is 26.8 Å². The number of rotatable bonds is 6. The summed E-state index contributed by atoms with van der Waals surface area (Å²) in [4.78, 5) is 14.8. The molecule has 2 atom stereocenters. The highest BCUT2D eigenvalue weighted by Gasteiger charge is 2.28. The molecule has 0 bridgehead atoms. The number of hydrogen-bond donors (Lipinski definition) is 1. The van der Waals surface area contributed by atoms with Crippen molar-refractivity contribution in [1.82, 2.24) is 24.5 Å². The minimum Gasteiger partial charge on any atom is -0.374 e. The normalized spacial score (nSPS) is 19.9. The van der Waals surface area contributed by atoms with Crippen LogP contribution in [-0.2, 0) is 16.1 Å². The smallest absolute Gasteiger partial charge is 0.242 e. The van der Waals surface area contributed by atoms with E-state index in [-0.39, 0.29) is 24.1 Å². The van der Waals surface area contributed by atoms with E-state index in [1.165, 1.54) is 0 Å². The lowest BCUT2D eigenvalue weighted by Gasteiger charge is -2.36. The molecule has 2 aromatic heterocycles. The zero-order chi connectivity index (χ0) is 17.8. The number of nitrogens with zero attached hydrogens (tertiary/aromatic N) is 5. The Labute approximate surface area is 147 Å². The molecule has 0 aliphatic carbocycles. The van der Waals surface area contributed by atoms with Crippen molar-refractivity contribution in [3.8, 4) is 0 Å². The van der Waals surface area contributed by atoms with Crippen molar-refractivity contribution < 1.29 is 9.53 Å². The zero-order valence-electron chi connectivity index (χ0n) is 15.0. The van der Waals surface area contributed by atoms with Gasteiger partial charge in [-0.3, -0.25) is 14.4 Å². The summed E-state index contributed by atoms with van der Waals surface area (Å²) in [5, 5.41) is 11.5. The van der Waals surface area contributed by atoms with Gasteiger partial charge in [0.25, 0.3) is 0 Å². The fourth-order valence-electron chi connectivity index (χ4n) is 3.04. The maximum Gasteiger partial charge on any atom is 0.242 e. The second-order valence-corrected chi connectivity index (χ2v) is 6.64. The van der Waals surface area contributed by atoms with Crippen LogP contribution < -0.4 is 5.32 Å². The molecule has 1 N–H and O–H groups in total. The van der Waals surface area contributed by atoms with E-state index in [1.807, 2.05) is 48.5 Å². The average Bonchev–Trinajstić information content (AvgIpc) is 3.26. The molecule has 1 aliphatic rings. The van der Waals surface area contributed by atoms with Gasteiger partial charge in [-0.2, -0.15) is 10.2 Å². The van der Waals surface area contributed by atoms with E-state index >= 15 is 0 Å². The van der Waals surface area contributed by atoms with Crippen LogP contribution in [0.3, 0.4) is 0 Å². The van der Waals surface area contributed by atoms with Crippen molar-refractivity contribution >= 4 is 11.7 Å². The van der Waals surface area contributed by atoms with Crippen molar-refractivity contribution in [2.75, 3.05) is 25.0 Å². The molecule has 25 heavy (non-hydrogen) atoms. The summed E-state index contributed by atoms with van der Waals surface area (Å²) < 4.78 is 9.49. The van der Waals surface area contributed by atoms with E-state index < -0.39 is 0 Å². The summed E-state index contributed by atoms with van der Waals surface area (Å²) in [5.41, 5.74) is 0. The number of morpholine rings is 1. The van der Waals surface area contributed by atoms with Crippen molar-refractivity contribution in [3.05, 3.63) is 30.7 Å². The van der Waals surface area contributed by atoms with Gasteiger partial charge in [0.15, 0.2) is 0 Å². The van der Waals surface area contributed by atoms with Crippen LogP contribution in [0, 0.1) is 0 Å². The molecule has 3 rings (SSSR count). The molecule has 1 fully saturated rings. The minimum absolute atomic E-state index is 0.0258. The molecule has 136 valence electrons. The predicted octanol–water partition coefficient (Wildman–Crippen LogP) is 1.39. The van der Waals surface area contributed by atoms with Crippen molar-refractivity contribution in [1.29, 1.82) is 0 Å². The second kappa shape index (κ2) is 7.79. The summed E-state index contributed by atoms with van der Waals surface area (Å²) in [5.74, 6) is 0.704.